The molecule has 2 nitrogen and oxygen atoms in total. The molecule has 0 atom stereocenters. The quantitative estimate of drug-likeness (QED) is 0.424. The predicted molar refractivity (Wildman–Crippen MR) is 99.5 cm³/mol. The molecule has 0 aliphatic heterocycles. The van der Waals surface area contributed by atoms with Gasteiger partial charge in [0.15, 0.2) is 0 Å². The zero-order chi connectivity index (χ0) is 15.8. The number of hydrogen-bond acceptors (Lipinski definition) is 2. The van der Waals surface area contributed by atoms with Crippen LogP contribution >= 0.6 is 44.2 Å². The van der Waals surface area contributed by atoms with Crippen LogP contribution < -0.4 is 4.74 Å². The molecule has 0 unspecified atom stereocenters. The number of ether oxygens (including phenoxy) is 1. The van der Waals surface area contributed by atoms with Crippen molar-refractivity contribution < 1.29 is 24.7 Å². The van der Waals surface area contributed by atoms with Gasteiger partial charge in [0.05, 0.1) is 7.11 Å². The predicted octanol–water partition coefficient (Wildman–Crippen LogP) is 6.01. The summed E-state index contributed by atoms with van der Waals surface area (Å²) >= 11 is -0.931. The van der Waals surface area contributed by atoms with E-state index in [0.717, 1.165) is 39.9 Å². The maximum atomic E-state index is 11.0. The molecule has 0 aliphatic rings. The second-order valence-electron chi connectivity index (χ2n) is 4.47. The first-order valence-electron chi connectivity index (χ1n) is 6.40. The average molecular weight is 450 g/mol. The van der Waals surface area contributed by atoms with Crippen LogP contribution in [0.1, 0.15) is 21.5 Å². The van der Waals surface area contributed by atoms with E-state index < -0.39 is 15.1 Å². The minimum atomic E-state index is -0.931. The number of halogens is 4. The summed E-state index contributed by atoms with van der Waals surface area (Å²) in [5.41, 5.74) is 4.91. The summed E-state index contributed by atoms with van der Waals surface area (Å²) in [5, 5.41) is 0. The van der Waals surface area contributed by atoms with Crippen LogP contribution in [0, 0.1) is 13.8 Å². The second-order valence-corrected chi connectivity index (χ2v) is 9.10. The van der Waals surface area contributed by atoms with E-state index in [0.29, 0.717) is 0 Å². The summed E-state index contributed by atoms with van der Waals surface area (Å²) in [4.78, 5) is 11.0. The molecule has 2 aromatic carbocycles. The van der Waals surface area contributed by atoms with Gasteiger partial charge in [-0.15, -0.1) is 24.8 Å². The Morgan fingerprint density at radius 1 is 0.957 bits per heavy atom. The number of carbonyl (C=O) groups excluding carboxylic acids is 1. The number of rotatable bonds is 3. The topological polar surface area (TPSA) is 26.3 Å². The molecule has 0 spiro atoms. The molecule has 2 rings (SSSR count). The summed E-state index contributed by atoms with van der Waals surface area (Å²) < 4.78 is 5.32. The number of aldehydes is 1. The molecule has 0 aromatic heterocycles. The molecule has 0 fully saturated rings. The summed E-state index contributed by atoms with van der Waals surface area (Å²) in [5.74, 6) is 0.862. The van der Waals surface area contributed by atoms with E-state index in [1.807, 2.05) is 50.2 Å². The average Bonchev–Trinajstić information content (AvgIpc) is 2.49. The number of carbonyl (C=O) groups is 1. The molecule has 124 valence electrons. The van der Waals surface area contributed by atoms with E-state index in [1.165, 1.54) is 0 Å². The van der Waals surface area contributed by atoms with E-state index in [4.69, 9.17) is 24.1 Å². The Labute approximate surface area is 165 Å². The van der Waals surface area contributed by atoms with Crippen LogP contribution in [-0.4, -0.2) is 13.4 Å². The van der Waals surface area contributed by atoms with Gasteiger partial charge in [-0.1, -0.05) is 24.3 Å². The SMILES string of the molecule is COc1cc(-c2ccc(C)c(C=O)c2)ccc1C.Cl.Cl.[Cl][Zn][Cl]. The summed E-state index contributed by atoms with van der Waals surface area (Å²) in [6, 6.07) is 11.9. The van der Waals surface area contributed by atoms with Gasteiger partial charge >= 0.3 is 34.5 Å². The van der Waals surface area contributed by atoms with Crippen molar-refractivity contribution in [2.75, 3.05) is 7.11 Å². The van der Waals surface area contributed by atoms with Crippen LogP contribution in [0.25, 0.3) is 11.1 Å². The fourth-order valence-corrected chi connectivity index (χ4v) is 1.95. The second kappa shape index (κ2) is 13.0. The van der Waals surface area contributed by atoms with Gasteiger partial charge in [0, 0.05) is 5.56 Å². The molecule has 0 amide bonds. The molecule has 23 heavy (non-hydrogen) atoms. The fourth-order valence-electron chi connectivity index (χ4n) is 1.95. The van der Waals surface area contributed by atoms with Crippen LogP contribution in [0.3, 0.4) is 0 Å². The zero-order valence-electron chi connectivity index (χ0n) is 13.1. The third-order valence-electron chi connectivity index (χ3n) is 3.15. The normalized spacial score (nSPS) is 8.39. The van der Waals surface area contributed by atoms with Crippen LogP contribution in [-0.2, 0) is 15.1 Å². The van der Waals surface area contributed by atoms with Crippen LogP contribution in [0.4, 0.5) is 0 Å². The number of methoxy groups -OCH3 is 1. The molecule has 0 aliphatic carbocycles. The molecule has 0 saturated heterocycles. The van der Waals surface area contributed by atoms with Crippen molar-refractivity contribution in [2.45, 2.75) is 13.8 Å². The van der Waals surface area contributed by atoms with Crippen molar-refractivity contribution >= 4 is 50.5 Å². The first-order valence-corrected chi connectivity index (χ1v) is 14.2. The maximum absolute atomic E-state index is 11.0. The molecule has 0 saturated carbocycles. The number of benzene rings is 2. The molecule has 7 heteroatoms. The molecule has 0 radical (unpaired) electrons. The summed E-state index contributed by atoms with van der Waals surface area (Å²) in [6.45, 7) is 3.94. The number of hydrogen-bond donors (Lipinski definition) is 0. The Hall–Kier alpha value is -0.307. The Bertz CT molecular complexity index is 621. The van der Waals surface area contributed by atoms with Crippen molar-refractivity contribution in [3.8, 4) is 16.9 Å². The van der Waals surface area contributed by atoms with Crippen LogP contribution in [0.5, 0.6) is 5.75 Å². The molecular weight excluding hydrogens is 431 g/mol. The van der Waals surface area contributed by atoms with Gasteiger partial charge in [-0.3, -0.25) is 4.79 Å². The third kappa shape index (κ3) is 7.41. The minimum absolute atomic E-state index is 0. The van der Waals surface area contributed by atoms with Gasteiger partial charge < -0.3 is 4.74 Å². The molecule has 2 aromatic rings. The molecular formula is C16H18Cl4O2Zn. The van der Waals surface area contributed by atoms with Gasteiger partial charge in [0.1, 0.15) is 12.0 Å². The van der Waals surface area contributed by atoms with E-state index in [9.17, 15) is 4.79 Å². The fraction of sp³-hybridized carbons (Fsp3) is 0.188. The van der Waals surface area contributed by atoms with Crippen LogP contribution in [0.15, 0.2) is 36.4 Å². The molecule has 0 N–H and O–H groups in total. The number of aryl methyl sites for hydroxylation is 2. The Morgan fingerprint density at radius 2 is 1.43 bits per heavy atom. The first-order chi connectivity index (χ1) is 10.1. The van der Waals surface area contributed by atoms with Gasteiger partial charge in [0.25, 0.3) is 0 Å². The monoisotopic (exact) mass is 446 g/mol. The molecule has 0 heterocycles. The molecule has 0 bridgehead atoms. The van der Waals surface area contributed by atoms with Gasteiger partial charge in [-0.25, -0.2) is 0 Å². The van der Waals surface area contributed by atoms with Crippen molar-refractivity contribution in [2.24, 2.45) is 0 Å². The van der Waals surface area contributed by atoms with Crippen molar-refractivity contribution in [1.82, 2.24) is 0 Å². The van der Waals surface area contributed by atoms with E-state index in [1.54, 1.807) is 7.11 Å². The van der Waals surface area contributed by atoms with E-state index in [-0.39, 0.29) is 24.8 Å². The van der Waals surface area contributed by atoms with Crippen LogP contribution in [0.2, 0.25) is 0 Å². The Balaban J connectivity index is 0. The third-order valence-corrected chi connectivity index (χ3v) is 3.15. The first kappa shape index (κ1) is 24.9. The van der Waals surface area contributed by atoms with Crippen molar-refractivity contribution in [1.29, 1.82) is 0 Å². The van der Waals surface area contributed by atoms with E-state index >= 15 is 0 Å². The van der Waals surface area contributed by atoms with Crippen molar-refractivity contribution in [3.05, 3.63) is 53.1 Å². The summed E-state index contributed by atoms with van der Waals surface area (Å²) in [6.07, 6.45) is 0.893. The summed E-state index contributed by atoms with van der Waals surface area (Å²) in [7, 11) is 11.6. The Morgan fingerprint density at radius 3 is 1.91 bits per heavy atom. The Kier molecular flexibility index (Phi) is 14.1. The van der Waals surface area contributed by atoms with Crippen molar-refractivity contribution in [3.63, 3.8) is 0 Å². The van der Waals surface area contributed by atoms with Gasteiger partial charge in [0.2, 0.25) is 0 Å². The van der Waals surface area contributed by atoms with Gasteiger partial charge in [-0.05, 0) is 48.2 Å². The zero-order valence-corrected chi connectivity index (χ0v) is 19.2. The standard InChI is InChI=1S/C16H16O2.4ClH.Zn/c1-11-4-6-13(8-15(11)10-17)14-7-5-12(2)16(9-14)18-3;;;;;/h4-10H,1-3H3;4*1H;/q;;;;;+2/p-2. The van der Waals surface area contributed by atoms with Gasteiger partial charge in [-0.2, -0.15) is 0 Å². The van der Waals surface area contributed by atoms with E-state index in [2.05, 4.69) is 0 Å².